The number of benzene rings is 2. The summed E-state index contributed by atoms with van der Waals surface area (Å²) in [5, 5.41) is 7.18. The molecule has 0 atom stereocenters. The van der Waals surface area contributed by atoms with Gasteiger partial charge in [-0.1, -0.05) is 42.0 Å². The molecule has 3 rings (SSSR count). The van der Waals surface area contributed by atoms with Gasteiger partial charge in [0.15, 0.2) is 0 Å². The first-order valence-electron chi connectivity index (χ1n) is 8.27. The molecule has 0 aliphatic carbocycles. The number of para-hydroxylation sites is 1. The van der Waals surface area contributed by atoms with Crippen LogP contribution in [0.3, 0.4) is 0 Å². The average molecular weight is 335 g/mol. The molecule has 0 aliphatic rings. The molecular weight excluding hydrogens is 314 g/mol. The maximum absolute atomic E-state index is 12.5. The zero-order valence-electron chi connectivity index (χ0n) is 14.4. The van der Waals surface area contributed by atoms with Crippen molar-refractivity contribution < 1.29 is 9.53 Å². The van der Waals surface area contributed by atoms with Crippen LogP contribution in [0.5, 0.6) is 5.75 Å². The number of carbonyl (C=O) groups excluding carboxylic acids is 1. The molecule has 2 aromatic carbocycles. The largest absolute Gasteiger partial charge is 0.493 e. The molecule has 0 bridgehead atoms. The third kappa shape index (κ3) is 4.26. The number of rotatable bonds is 6. The SMILES string of the molecule is CCOc1ccccc1C(=O)Nc1cnn(Cc2ccc(C)cc2)c1. The van der Waals surface area contributed by atoms with Gasteiger partial charge < -0.3 is 10.1 Å². The molecule has 1 heterocycles. The van der Waals surface area contributed by atoms with Gasteiger partial charge in [-0.15, -0.1) is 0 Å². The predicted octanol–water partition coefficient (Wildman–Crippen LogP) is 3.89. The number of ether oxygens (including phenoxy) is 1. The molecule has 1 amide bonds. The van der Waals surface area contributed by atoms with Crippen LogP contribution in [-0.4, -0.2) is 22.3 Å². The van der Waals surface area contributed by atoms with Gasteiger partial charge in [0.25, 0.3) is 5.91 Å². The fourth-order valence-corrected chi connectivity index (χ4v) is 2.53. The van der Waals surface area contributed by atoms with Crippen molar-refractivity contribution in [3.8, 4) is 5.75 Å². The predicted molar refractivity (Wildman–Crippen MR) is 98.1 cm³/mol. The van der Waals surface area contributed by atoms with Crippen molar-refractivity contribution >= 4 is 11.6 Å². The third-order valence-electron chi connectivity index (χ3n) is 3.79. The van der Waals surface area contributed by atoms with Crippen LogP contribution in [0.25, 0.3) is 0 Å². The molecule has 0 spiro atoms. The van der Waals surface area contributed by atoms with E-state index in [0.717, 1.165) is 5.56 Å². The van der Waals surface area contributed by atoms with E-state index in [1.807, 2.05) is 25.3 Å². The fraction of sp³-hybridized carbons (Fsp3) is 0.200. The summed E-state index contributed by atoms with van der Waals surface area (Å²) >= 11 is 0. The van der Waals surface area contributed by atoms with Crippen LogP contribution in [0.4, 0.5) is 5.69 Å². The van der Waals surface area contributed by atoms with Gasteiger partial charge in [0.1, 0.15) is 5.75 Å². The molecule has 0 saturated heterocycles. The Labute approximate surface area is 147 Å². The Hall–Kier alpha value is -3.08. The lowest BCUT2D eigenvalue weighted by Gasteiger charge is -2.09. The highest BCUT2D eigenvalue weighted by Gasteiger charge is 2.13. The highest BCUT2D eigenvalue weighted by atomic mass is 16.5. The summed E-state index contributed by atoms with van der Waals surface area (Å²) in [6.45, 7) is 5.12. The van der Waals surface area contributed by atoms with Crippen LogP contribution in [0.1, 0.15) is 28.4 Å². The second-order valence-electron chi connectivity index (χ2n) is 5.80. The first-order valence-corrected chi connectivity index (χ1v) is 8.27. The maximum Gasteiger partial charge on any atom is 0.259 e. The average Bonchev–Trinajstić information content (AvgIpc) is 3.04. The number of aryl methyl sites for hydroxylation is 1. The van der Waals surface area contributed by atoms with Gasteiger partial charge in [0, 0.05) is 6.20 Å². The topological polar surface area (TPSA) is 56.1 Å². The van der Waals surface area contributed by atoms with Crippen LogP contribution in [0, 0.1) is 6.92 Å². The minimum atomic E-state index is -0.209. The van der Waals surface area contributed by atoms with Crippen molar-refractivity contribution in [1.82, 2.24) is 9.78 Å². The summed E-state index contributed by atoms with van der Waals surface area (Å²) in [5.74, 6) is 0.369. The van der Waals surface area contributed by atoms with Crippen molar-refractivity contribution in [2.45, 2.75) is 20.4 Å². The van der Waals surface area contributed by atoms with Crippen molar-refractivity contribution in [1.29, 1.82) is 0 Å². The molecule has 1 aromatic heterocycles. The number of hydrogen-bond donors (Lipinski definition) is 1. The second kappa shape index (κ2) is 7.66. The van der Waals surface area contributed by atoms with Crippen LogP contribution in [-0.2, 0) is 6.54 Å². The molecule has 5 nitrogen and oxygen atoms in total. The quantitative estimate of drug-likeness (QED) is 0.743. The van der Waals surface area contributed by atoms with Crippen LogP contribution in [0.2, 0.25) is 0 Å². The number of carbonyl (C=O) groups is 1. The van der Waals surface area contributed by atoms with Crippen molar-refractivity contribution in [3.63, 3.8) is 0 Å². The summed E-state index contributed by atoms with van der Waals surface area (Å²) in [4.78, 5) is 12.5. The van der Waals surface area contributed by atoms with E-state index in [9.17, 15) is 4.79 Å². The van der Waals surface area contributed by atoms with E-state index in [-0.39, 0.29) is 5.91 Å². The summed E-state index contributed by atoms with van der Waals surface area (Å²) in [5.41, 5.74) is 3.55. The Bertz CT molecular complexity index is 853. The van der Waals surface area contributed by atoms with Gasteiger partial charge in [-0.05, 0) is 31.5 Å². The molecule has 0 aliphatic heterocycles. The standard InChI is InChI=1S/C20H21N3O2/c1-3-25-19-7-5-4-6-18(19)20(24)22-17-12-21-23(14-17)13-16-10-8-15(2)9-11-16/h4-12,14H,3,13H2,1-2H3,(H,22,24). The van der Waals surface area contributed by atoms with E-state index in [2.05, 4.69) is 41.6 Å². The molecule has 1 N–H and O–H groups in total. The van der Waals surface area contributed by atoms with Gasteiger partial charge in [-0.2, -0.15) is 5.10 Å². The van der Waals surface area contributed by atoms with Gasteiger partial charge in [0.05, 0.1) is 30.6 Å². The second-order valence-corrected chi connectivity index (χ2v) is 5.80. The smallest absolute Gasteiger partial charge is 0.259 e. The number of anilines is 1. The molecule has 0 fully saturated rings. The zero-order chi connectivity index (χ0) is 17.6. The Morgan fingerprint density at radius 2 is 1.92 bits per heavy atom. The molecule has 0 unspecified atom stereocenters. The minimum Gasteiger partial charge on any atom is -0.493 e. The Morgan fingerprint density at radius 3 is 2.68 bits per heavy atom. The summed E-state index contributed by atoms with van der Waals surface area (Å²) in [7, 11) is 0. The summed E-state index contributed by atoms with van der Waals surface area (Å²) < 4.78 is 7.31. The first-order chi connectivity index (χ1) is 12.2. The third-order valence-corrected chi connectivity index (χ3v) is 3.79. The number of hydrogen-bond acceptors (Lipinski definition) is 3. The Morgan fingerprint density at radius 1 is 1.16 bits per heavy atom. The van der Waals surface area contributed by atoms with E-state index < -0.39 is 0 Å². The van der Waals surface area contributed by atoms with E-state index in [1.165, 1.54) is 5.56 Å². The normalized spacial score (nSPS) is 10.5. The molecule has 0 saturated carbocycles. The highest BCUT2D eigenvalue weighted by Crippen LogP contribution is 2.19. The van der Waals surface area contributed by atoms with Crippen LogP contribution < -0.4 is 10.1 Å². The minimum absolute atomic E-state index is 0.209. The van der Waals surface area contributed by atoms with E-state index >= 15 is 0 Å². The Kier molecular flexibility index (Phi) is 5.14. The van der Waals surface area contributed by atoms with Crippen molar-refractivity contribution in [2.24, 2.45) is 0 Å². The van der Waals surface area contributed by atoms with Crippen LogP contribution in [0.15, 0.2) is 60.9 Å². The van der Waals surface area contributed by atoms with E-state index in [1.54, 1.807) is 23.0 Å². The number of amides is 1. The lowest BCUT2D eigenvalue weighted by Crippen LogP contribution is -2.13. The maximum atomic E-state index is 12.5. The van der Waals surface area contributed by atoms with Gasteiger partial charge >= 0.3 is 0 Å². The van der Waals surface area contributed by atoms with Crippen molar-refractivity contribution in [2.75, 3.05) is 11.9 Å². The zero-order valence-corrected chi connectivity index (χ0v) is 14.4. The fourth-order valence-electron chi connectivity index (χ4n) is 2.53. The Balaban J connectivity index is 1.69. The van der Waals surface area contributed by atoms with Gasteiger partial charge in [-0.3, -0.25) is 9.48 Å². The lowest BCUT2D eigenvalue weighted by atomic mass is 10.1. The number of nitrogens with one attached hydrogen (secondary N) is 1. The molecular formula is C20H21N3O2. The van der Waals surface area contributed by atoms with E-state index in [0.29, 0.717) is 30.2 Å². The number of nitrogens with zero attached hydrogens (tertiary/aromatic N) is 2. The summed E-state index contributed by atoms with van der Waals surface area (Å²) in [6, 6.07) is 15.5. The lowest BCUT2D eigenvalue weighted by molar-refractivity contribution is 0.102. The molecule has 3 aromatic rings. The van der Waals surface area contributed by atoms with Gasteiger partial charge in [-0.25, -0.2) is 0 Å². The molecule has 0 radical (unpaired) electrons. The number of aromatic nitrogens is 2. The molecule has 25 heavy (non-hydrogen) atoms. The van der Waals surface area contributed by atoms with Gasteiger partial charge in [0.2, 0.25) is 0 Å². The first kappa shape index (κ1) is 16.8. The summed E-state index contributed by atoms with van der Waals surface area (Å²) in [6.07, 6.45) is 3.47. The molecule has 128 valence electrons. The highest BCUT2D eigenvalue weighted by molar-refractivity contribution is 6.06. The molecule has 5 heteroatoms. The van der Waals surface area contributed by atoms with E-state index in [4.69, 9.17) is 4.74 Å². The van der Waals surface area contributed by atoms with Crippen LogP contribution >= 0.6 is 0 Å². The van der Waals surface area contributed by atoms with Crippen molar-refractivity contribution in [3.05, 3.63) is 77.6 Å². The monoisotopic (exact) mass is 335 g/mol.